The largest absolute Gasteiger partial charge is 0.449 e. The average molecular weight is 511 g/mol. The van der Waals surface area contributed by atoms with Crippen molar-refractivity contribution in [3.05, 3.63) is 111 Å². The number of halogens is 3. The summed E-state index contributed by atoms with van der Waals surface area (Å²) in [4.78, 5) is 31.0. The Morgan fingerprint density at radius 3 is 2.44 bits per heavy atom. The van der Waals surface area contributed by atoms with Crippen molar-refractivity contribution >= 4 is 34.7 Å². The molecule has 9 heteroatoms. The highest BCUT2D eigenvalue weighted by Gasteiger charge is 2.17. The van der Waals surface area contributed by atoms with E-state index in [1.165, 1.54) is 35.8 Å². The van der Waals surface area contributed by atoms with E-state index in [4.69, 9.17) is 4.42 Å². The number of allylic oxidation sites excluding steroid dienone is 1. The molecule has 0 aliphatic rings. The number of hydrogen-bond acceptors (Lipinski definition) is 5. The quantitative estimate of drug-likeness (QED) is 0.275. The van der Waals surface area contributed by atoms with Gasteiger partial charge in [-0.05, 0) is 60.0 Å². The maximum Gasteiger partial charge on any atom is 0.261 e. The molecule has 1 N–H and O–H groups in total. The second-order valence-corrected chi connectivity index (χ2v) is 9.11. The molecule has 36 heavy (non-hydrogen) atoms. The first-order valence-corrected chi connectivity index (χ1v) is 11.8. The Morgan fingerprint density at radius 2 is 1.75 bits per heavy atom. The van der Waals surface area contributed by atoms with Gasteiger partial charge in [0.05, 0.1) is 4.88 Å². The summed E-state index contributed by atoms with van der Waals surface area (Å²) in [7, 11) is 0. The molecule has 2 aromatic carbocycles. The number of Topliss-reactive ketones (excluding diaryl/α,β-unsaturated/α-hetero) is 1. The van der Waals surface area contributed by atoms with Crippen LogP contribution in [0.4, 0.5) is 13.2 Å². The van der Waals surface area contributed by atoms with Gasteiger partial charge in [-0.2, -0.15) is 0 Å². The number of ketones is 1. The van der Waals surface area contributed by atoms with Crippen LogP contribution in [0, 0.1) is 24.4 Å². The molecule has 0 saturated carbocycles. The number of benzene rings is 2. The summed E-state index contributed by atoms with van der Waals surface area (Å²) in [6.07, 6.45) is 3.66. The highest BCUT2D eigenvalue weighted by Crippen LogP contribution is 2.26. The van der Waals surface area contributed by atoms with Crippen LogP contribution >= 0.6 is 11.3 Å². The molecule has 0 fully saturated rings. The van der Waals surface area contributed by atoms with Gasteiger partial charge in [-0.1, -0.05) is 18.2 Å². The number of hydrogen-bond donors (Lipinski definition) is 1. The number of amides is 1. The van der Waals surface area contributed by atoms with E-state index in [1.54, 1.807) is 37.3 Å². The summed E-state index contributed by atoms with van der Waals surface area (Å²) in [6, 6.07) is 12.7. The first-order valence-electron chi connectivity index (χ1n) is 11.0. The molecule has 0 aliphatic carbocycles. The summed E-state index contributed by atoms with van der Waals surface area (Å²) >= 11 is 1.17. The fraction of sp³-hybridized carbons (Fsp3) is 0.148. The van der Waals surface area contributed by atoms with E-state index in [-0.39, 0.29) is 30.5 Å². The first kappa shape index (κ1) is 25.1. The molecule has 0 unspecified atom stereocenters. The number of oxazole rings is 1. The Labute approximate surface area is 209 Å². The van der Waals surface area contributed by atoms with Gasteiger partial charge in [-0.25, -0.2) is 18.2 Å². The minimum atomic E-state index is -0.981. The Bertz CT molecular complexity index is 1420. The van der Waals surface area contributed by atoms with Gasteiger partial charge in [0.1, 0.15) is 17.8 Å². The molecule has 2 aromatic heterocycles. The third-order valence-electron chi connectivity index (χ3n) is 5.32. The number of rotatable bonds is 9. The fourth-order valence-corrected chi connectivity index (χ4v) is 4.31. The first-order chi connectivity index (χ1) is 17.3. The Morgan fingerprint density at radius 1 is 1.00 bits per heavy atom. The highest BCUT2D eigenvalue weighted by atomic mass is 32.1. The monoisotopic (exact) mass is 510 g/mol. The van der Waals surface area contributed by atoms with Crippen molar-refractivity contribution in [2.24, 2.45) is 0 Å². The number of aryl methyl sites for hydroxylation is 2. The molecule has 0 atom stereocenters. The van der Waals surface area contributed by atoms with Gasteiger partial charge in [0.25, 0.3) is 5.91 Å². The summed E-state index contributed by atoms with van der Waals surface area (Å²) in [5, 5.41) is 2.67. The van der Waals surface area contributed by atoms with Crippen molar-refractivity contribution in [1.29, 1.82) is 0 Å². The van der Waals surface area contributed by atoms with Crippen molar-refractivity contribution in [2.45, 2.75) is 26.3 Å². The van der Waals surface area contributed by atoms with E-state index in [9.17, 15) is 22.8 Å². The van der Waals surface area contributed by atoms with Crippen molar-refractivity contribution in [1.82, 2.24) is 10.3 Å². The van der Waals surface area contributed by atoms with E-state index in [2.05, 4.69) is 10.3 Å². The minimum Gasteiger partial charge on any atom is -0.449 e. The summed E-state index contributed by atoms with van der Waals surface area (Å²) in [5.41, 5.74) is 1.98. The van der Waals surface area contributed by atoms with Crippen LogP contribution in [0.15, 0.2) is 65.3 Å². The molecule has 0 bridgehead atoms. The molecule has 4 rings (SSSR count). The minimum absolute atomic E-state index is 0.0322. The zero-order chi connectivity index (χ0) is 25.7. The van der Waals surface area contributed by atoms with Crippen molar-refractivity contribution < 1.29 is 27.2 Å². The van der Waals surface area contributed by atoms with E-state index in [1.807, 2.05) is 0 Å². The SMILES string of the molecule is Cc1nc(C(=Cc2ccc(C(=O)NCc3ccc(F)c(F)c3)s2)C(=O)CCc2ccc(F)cc2)co1. The van der Waals surface area contributed by atoms with Crippen LogP contribution in [0.1, 0.15) is 43.7 Å². The number of carbonyl (C=O) groups excluding carboxylic acids is 2. The maximum absolute atomic E-state index is 13.4. The zero-order valence-electron chi connectivity index (χ0n) is 19.2. The van der Waals surface area contributed by atoms with Gasteiger partial charge in [0, 0.05) is 30.3 Å². The number of carbonyl (C=O) groups is 2. The molecular formula is C27H21F3N2O3S. The number of aromatic nitrogens is 1. The smallest absolute Gasteiger partial charge is 0.261 e. The van der Waals surface area contributed by atoms with Gasteiger partial charge in [0.15, 0.2) is 23.3 Å². The van der Waals surface area contributed by atoms with Crippen LogP contribution in [0.25, 0.3) is 11.6 Å². The van der Waals surface area contributed by atoms with E-state index < -0.39 is 11.6 Å². The lowest BCUT2D eigenvalue weighted by molar-refractivity contribution is -0.113. The lowest BCUT2D eigenvalue weighted by atomic mass is 10.0. The highest BCUT2D eigenvalue weighted by molar-refractivity contribution is 7.15. The molecule has 0 aliphatic heterocycles. The molecule has 2 heterocycles. The molecule has 0 spiro atoms. The molecule has 1 amide bonds. The van der Waals surface area contributed by atoms with Crippen LogP contribution in [0.3, 0.4) is 0 Å². The van der Waals surface area contributed by atoms with Gasteiger partial charge in [-0.3, -0.25) is 9.59 Å². The van der Waals surface area contributed by atoms with E-state index in [0.29, 0.717) is 38.9 Å². The topological polar surface area (TPSA) is 72.2 Å². The zero-order valence-corrected chi connectivity index (χ0v) is 20.0. The lowest BCUT2D eigenvalue weighted by Gasteiger charge is -2.05. The van der Waals surface area contributed by atoms with Gasteiger partial charge in [-0.15, -0.1) is 11.3 Å². The van der Waals surface area contributed by atoms with Crippen LogP contribution in [-0.4, -0.2) is 16.7 Å². The average Bonchev–Trinajstić information content (AvgIpc) is 3.51. The van der Waals surface area contributed by atoms with E-state index >= 15 is 0 Å². The fourth-order valence-electron chi connectivity index (χ4n) is 3.44. The normalized spacial score (nSPS) is 11.5. The molecule has 4 aromatic rings. The van der Waals surface area contributed by atoms with Gasteiger partial charge >= 0.3 is 0 Å². The second kappa shape index (κ2) is 11.2. The van der Waals surface area contributed by atoms with Gasteiger partial charge in [0.2, 0.25) is 0 Å². The predicted octanol–water partition coefficient (Wildman–Crippen LogP) is 6.13. The predicted molar refractivity (Wildman–Crippen MR) is 131 cm³/mol. The standard InChI is InChI=1S/C27H21F3N2O3S/c1-16-32-24(15-35-16)21(25(33)10-5-17-2-6-19(28)7-3-17)13-20-8-11-26(36-20)27(34)31-14-18-4-9-22(29)23(30)12-18/h2-4,6-9,11-13,15H,5,10,14H2,1H3,(H,31,34). The summed E-state index contributed by atoms with van der Waals surface area (Å²) in [6.45, 7) is 1.70. The maximum atomic E-state index is 13.4. The van der Waals surface area contributed by atoms with Crippen LogP contribution in [0.2, 0.25) is 0 Å². The van der Waals surface area contributed by atoms with Crippen LogP contribution in [0.5, 0.6) is 0 Å². The molecule has 0 radical (unpaired) electrons. The summed E-state index contributed by atoms with van der Waals surface area (Å²) in [5.74, 6) is -2.43. The lowest BCUT2D eigenvalue weighted by Crippen LogP contribution is -2.21. The van der Waals surface area contributed by atoms with Crippen molar-refractivity contribution in [3.8, 4) is 0 Å². The number of nitrogens with one attached hydrogen (secondary N) is 1. The number of thiophene rings is 1. The van der Waals surface area contributed by atoms with E-state index in [0.717, 1.165) is 17.7 Å². The van der Waals surface area contributed by atoms with Crippen LogP contribution in [-0.2, 0) is 17.8 Å². The molecule has 0 saturated heterocycles. The number of nitrogens with zero attached hydrogens (tertiary/aromatic N) is 1. The van der Waals surface area contributed by atoms with Crippen molar-refractivity contribution in [2.75, 3.05) is 0 Å². The second-order valence-electron chi connectivity index (χ2n) is 7.99. The Hall–Kier alpha value is -3.98. The molecular weight excluding hydrogens is 489 g/mol. The third-order valence-corrected chi connectivity index (χ3v) is 6.35. The molecule has 184 valence electrons. The van der Waals surface area contributed by atoms with Crippen LogP contribution < -0.4 is 5.32 Å². The Kier molecular flexibility index (Phi) is 7.80. The summed E-state index contributed by atoms with van der Waals surface area (Å²) < 4.78 is 44.9. The van der Waals surface area contributed by atoms with Crippen molar-refractivity contribution in [3.63, 3.8) is 0 Å². The third kappa shape index (κ3) is 6.37. The van der Waals surface area contributed by atoms with Gasteiger partial charge < -0.3 is 9.73 Å². The Balaban J connectivity index is 1.48. The molecule has 5 nitrogen and oxygen atoms in total.